The molecule has 0 saturated heterocycles. The van der Waals surface area contributed by atoms with Crippen LogP contribution in [0.1, 0.15) is 19.3 Å². The maximum absolute atomic E-state index is 9.43. The molecule has 0 radical (unpaired) electrons. The van der Waals surface area contributed by atoms with Crippen molar-refractivity contribution < 1.29 is 5.11 Å². The van der Waals surface area contributed by atoms with Crippen molar-refractivity contribution in [2.24, 2.45) is 5.41 Å². The van der Waals surface area contributed by atoms with Crippen LogP contribution in [0.25, 0.3) is 0 Å². The number of nitrogens with zero attached hydrogens (tertiary/aromatic N) is 1. The maximum atomic E-state index is 9.43. The molecule has 1 aliphatic carbocycles. The lowest BCUT2D eigenvalue weighted by Crippen LogP contribution is -2.43. The molecule has 16 heavy (non-hydrogen) atoms. The van der Waals surface area contributed by atoms with Gasteiger partial charge in [0.05, 0.1) is 6.61 Å². The Kier molecular flexibility index (Phi) is 3.41. The molecule has 0 aliphatic heterocycles. The molecule has 2 nitrogen and oxygen atoms in total. The van der Waals surface area contributed by atoms with Crippen LogP contribution in [0.4, 0.5) is 5.69 Å². The second-order valence-electron chi connectivity index (χ2n) is 4.84. The zero-order valence-corrected chi connectivity index (χ0v) is 10.4. The predicted molar refractivity (Wildman–Crippen MR) is 68.1 cm³/mol. The van der Waals surface area contributed by atoms with E-state index in [0.717, 1.165) is 30.1 Å². The lowest BCUT2D eigenvalue weighted by Gasteiger charge is -2.43. The van der Waals surface area contributed by atoms with Crippen LogP contribution >= 0.6 is 11.6 Å². The minimum atomic E-state index is 0.133. The summed E-state index contributed by atoms with van der Waals surface area (Å²) in [5, 5.41) is 10.2. The quantitative estimate of drug-likeness (QED) is 0.874. The maximum Gasteiger partial charge on any atom is 0.0504 e. The molecular formula is C13H18ClNO. The monoisotopic (exact) mass is 239 g/mol. The van der Waals surface area contributed by atoms with Crippen LogP contribution in [0, 0.1) is 5.41 Å². The standard InChI is InChI=1S/C13H18ClNO/c1-15(9-13(10-16)7-2-8-13)12-5-3-11(14)4-6-12/h3-6,16H,2,7-10H2,1H3. The fourth-order valence-electron chi connectivity index (χ4n) is 2.33. The fourth-order valence-corrected chi connectivity index (χ4v) is 2.46. The van der Waals surface area contributed by atoms with Crippen molar-refractivity contribution in [3.63, 3.8) is 0 Å². The summed E-state index contributed by atoms with van der Waals surface area (Å²) in [6, 6.07) is 7.84. The zero-order chi connectivity index (χ0) is 11.6. The summed E-state index contributed by atoms with van der Waals surface area (Å²) in [6.07, 6.45) is 3.53. The molecule has 2 rings (SSSR count). The number of hydrogen-bond donors (Lipinski definition) is 1. The molecule has 1 saturated carbocycles. The topological polar surface area (TPSA) is 23.5 Å². The van der Waals surface area contributed by atoms with E-state index in [9.17, 15) is 5.11 Å². The van der Waals surface area contributed by atoms with E-state index in [2.05, 4.69) is 11.9 Å². The predicted octanol–water partition coefficient (Wildman–Crippen LogP) is 2.94. The molecule has 1 aromatic rings. The second-order valence-corrected chi connectivity index (χ2v) is 5.28. The van der Waals surface area contributed by atoms with Crippen LogP contribution in [-0.4, -0.2) is 25.3 Å². The lowest BCUT2D eigenvalue weighted by molar-refractivity contribution is 0.0524. The number of benzene rings is 1. The van der Waals surface area contributed by atoms with Crippen LogP contribution < -0.4 is 4.90 Å². The van der Waals surface area contributed by atoms with E-state index in [-0.39, 0.29) is 5.41 Å². The Hall–Kier alpha value is -0.730. The number of halogens is 1. The van der Waals surface area contributed by atoms with E-state index in [1.54, 1.807) is 0 Å². The van der Waals surface area contributed by atoms with Gasteiger partial charge in [0.25, 0.3) is 0 Å². The van der Waals surface area contributed by atoms with Crippen LogP contribution in [-0.2, 0) is 0 Å². The molecule has 0 aromatic heterocycles. The first-order valence-electron chi connectivity index (χ1n) is 5.73. The van der Waals surface area contributed by atoms with Crippen molar-refractivity contribution in [1.82, 2.24) is 0 Å². The zero-order valence-electron chi connectivity index (χ0n) is 9.62. The first-order chi connectivity index (χ1) is 7.65. The summed E-state index contributed by atoms with van der Waals surface area (Å²) < 4.78 is 0. The summed E-state index contributed by atoms with van der Waals surface area (Å²) in [7, 11) is 2.07. The van der Waals surface area contributed by atoms with Crippen LogP contribution in [0.5, 0.6) is 0 Å². The smallest absolute Gasteiger partial charge is 0.0504 e. The average Bonchev–Trinajstić information content (AvgIpc) is 2.24. The Labute approximate surface area is 102 Å². The third kappa shape index (κ3) is 2.33. The first kappa shape index (κ1) is 11.7. The van der Waals surface area contributed by atoms with Crippen molar-refractivity contribution >= 4 is 17.3 Å². The van der Waals surface area contributed by atoms with Gasteiger partial charge in [-0.2, -0.15) is 0 Å². The van der Waals surface area contributed by atoms with E-state index in [1.165, 1.54) is 6.42 Å². The van der Waals surface area contributed by atoms with E-state index in [1.807, 2.05) is 24.3 Å². The molecule has 0 atom stereocenters. The number of rotatable bonds is 4. The van der Waals surface area contributed by atoms with Gasteiger partial charge >= 0.3 is 0 Å². The van der Waals surface area contributed by atoms with Gasteiger partial charge in [0.1, 0.15) is 0 Å². The molecule has 0 amide bonds. The van der Waals surface area contributed by atoms with Gasteiger partial charge in [0, 0.05) is 29.7 Å². The minimum absolute atomic E-state index is 0.133. The first-order valence-corrected chi connectivity index (χ1v) is 6.11. The Balaban J connectivity index is 2.02. The highest BCUT2D eigenvalue weighted by molar-refractivity contribution is 6.30. The second kappa shape index (κ2) is 4.64. The third-order valence-corrected chi connectivity index (χ3v) is 3.84. The van der Waals surface area contributed by atoms with E-state index < -0.39 is 0 Å². The Morgan fingerprint density at radius 2 is 1.94 bits per heavy atom. The van der Waals surface area contributed by atoms with E-state index in [4.69, 9.17) is 11.6 Å². The molecule has 0 bridgehead atoms. The molecule has 1 N–H and O–H groups in total. The van der Waals surface area contributed by atoms with Crippen molar-refractivity contribution in [2.75, 3.05) is 25.1 Å². The molecular weight excluding hydrogens is 222 g/mol. The summed E-state index contributed by atoms with van der Waals surface area (Å²) >= 11 is 5.86. The highest BCUT2D eigenvalue weighted by atomic mass is 35.5. The molecule has 88 valence electrons. The fraction of sp³-hybridized carbons (Fsp3) is 0.538. The third-order valence-electron chi connectivity index (χ3n) is 3.59. The Morgan fingerprint density at radius 3 is 2.38 bits per heavy atom. The number of aliphatic hydroxyl groups excluding tert-OH is 1. The molecule has 0 spiro atoms. The lowest BCUT2D eigenvalue weighted by atomic mass is 9.69. The number of anilines is 1. The Bertz CT molecular complexity index is 340. The summed E-state index contributed by atoms with van der Waals surface area (Å²) in [5.74, 6) is 0. The molecule has 1 fully saturated rings. The van der Waals surface area contributed by atoms with Gasteiger partial charge < -0.3 is 10.0 Å². The highest BCUT2D eigenvalue weighted by Gasteiger charge is 2.37. The van der Waals surface area contributed by atoms with Crippen molar-refractivity contribution in [2.45, 2.75) is 19.3 Å². The van der Waals surface area contributed by atoms with Gasteiger partial charge in [0.2, 0.25) is 0 Å². The molecule has 3 heteroatoms. The largest absolute Gasteiger partial charge is 0.396 e. The summed E-state index contributed by atoms with van der Waals surface area (Å²) in [4.78, 5) is 2.20. The Morgan fingerprint density at radius 1 is 1.31 bits per heavy atom. The van der Waals surface area contributed by atoms with Gasteiger partial charge in [-0.05, 0) is 37.1 Å². The van der Waals surface area contributed by atoms with E-state index in [0.29, 0.717) is 6.61 Å². The van der Waals surface area contributed by atoms with Crippen LogP contribution in [0.3, 0.4) is 0 Å². The minimum Gasteiger partial charge on any atom is -0.396 e. The normalized spacial score (nSPS) is 17.9. The van der Waals surface area contributed by atoms with Crippen LogP contribution in [0.15, 0.2) is 24.3 Å². The molecule has 1 aromatic carbocycles. The summed E-state index contributed by atoms with van der Waals surface area (Å²) in [6.45, 7) is 1.22. The van der Waals surface area contributed by atoms with Gasteiger partial charge in [-0.15, -0.1) is 0 Å². The van der Waals surface area contributed by atoms with Gasteiger partial charge in [-0.3, -0.25) is 0 Å². The molecule has 0 unspecified atom stereocenters. The van der Waals surface area contributed by atoms with Crippen molar-refractivity contribution in [3.05, 3.63) is 29.3 Å². The van der Waals surface area contributed by atoms with Crippen molar-refractivity contribution in [1.29, 1.82) is 0 Å². The van der Waals surface area contributed by atoms with E-state index >= 15 is 0 Å². The SMILES string of the molecule is CN(CC1(CO)CCC1)c1ccc(Cl)cc1. The average molecular weight is 240 g/mol. The van der Waals surface area contributed by atoms with Crippen LogP contribution in [0.2, 0.25) is 5.02 Å². The van der Waals surface area contributed by atoms with Gasteiger partial charge in [0.15, 0.2) is 0 Å². The highest BCUT2D eigenvalue weighted by Crippen LogP contribution is 2.41. The van der Waals surface area contributed by atoms with Gasteiger partial charge in [-0.25, -0.2) is 0 Å². The van der Waals surface area contributed by atoms with Crippen molar-refractivity contribution in [3.8, 4) is 0 Å². The number of aliphatic hydroxyl groups is 1. The molecule has 0 heterocycles. The summed E-state index contributed by atoms with van der Waals surface area (Å²) in [5.41, 5.74) is 1.29. The number of hydrogen-bond acceptors (Lipinski definition) is 2. The van der Waals surface area contributed by atoms with Gasteiger partial charge in [-0.1, -0.05) is 18.0 Å². The molecule has 1 aliphatic rings.